The van der Waals surface area contributed by atoms with E-state index in [2.05, 4.69) is 43.4 Å². The van der Waals surface area contributed by atoms with Crippen molar-refractivity contribution in [3.63, 3.8) is 0 Å². The van der Waals surface area contributed by atoms with Crippen LogP contribution < -0.4 is 5.32 Å². The Morgan fingerprint density at radius 3 is 2.53 bits per heavy atom. The van der Waals surface area contributed by atoms with Crippen LogP contribution in [0.1, 0.15) is 50.8 Å². The van der Waals surface area contributed by atoms with Crippen molar-refractivity contribution < 1.29 is 9.53 Å². The van der Waals surface area contributed by atoms with Gasteiger partial charge in [-0.15, -0.1) is 0 Å². The summed E-state index contributed by atoms with van der Waals surface area (Å²) in [6.45, 7) is 6.76. The summed E-state index contributed by atoms with van der Waals surface area (Å²) in [4.78, 5) is 11.3. The molecule has 19 heavy (non-hydrogen) atoms. The molecule has 3 heteroatoms. The highest BCUT2D eigenvalue weighted by Crippen LogP contribution is 2.14. The van der Waals surface area contributed by atoms with E-state index < -0.39 is 0 Å². The number of hydrogen-bond donors (Lipinski definition) is 1. The summed E-state index contributed by atoms with van der Waals surface area (Å²) in [5.74, 6) is -0.200. The SMILES string of the molecule is CCCCc1ccc(C(C)NCC(=O)OCC)cc1. The predicted octanol–water partition coefficient (Wildman–Crippen LogP) is 3.24. The van der Waals surface area contributed by atoms with Crippen LogP contribution in [-0.4, -0.2) is 19.1 Å². The van der Waals surface area contributed by atoms with E-state index in [1.165, 1.54) is 24.0 Å². The lowest BCUT2D eigenvalue weighted by Gasteiger charge is -2.14. The molecule has 1 N–H and O–H groups in total. The maximum atomic E-state index is 11.3. The molecule has 0 saturated heterocycles. The molecule has 0 heterocycles. The van der Waals surface area contributed by atoms with Gasteiger partial charge in [0.2, 0.25) is 0 Å². The van der Waals surface area contributed by atoms with E-state index in [1.54, 1.807) is 0 Å². The van der Waals surface area contributed by atoms with E-state index in [9.17, 15) is 4.79 Å². The lowest BCUT2D eigenvalue weighted by Crippen LogP contribution is -2.27. The summed E-state index contributed by atoms with van der Waals surface area (Å²) >= 11 is 0. The fraction of sp³-hybridized carbons (Fsp3) is 0.562. The van der Waals surface area contributed by atoms with Crippen molar-refractivity contribution in [3.8, 4) is 0 Å². The van der Waals surface area contributed by atoms with Crippen molar-refractivity contribution in [2.24, 2.45) is 0 Å². The van der Waals surface area contributed by atoms with Gasteiger partial charge in [-0.05, 0) is 37.8 Å². The lowest BCUT2D eigenvalue weighted by molar-refractivity contribution is -0.142. The van der Waals surface area contributed by atoms with Crippen LogP contribution in [0.15, 0.2) is 24.3 Å². The zero-order valence-corrected chi connectivity index (χ0v) is 12.2. The van der Waals surface area contributed by atoms with Crippen molar-refractivity contribution in [2.45, 2.75) is 46.1 Å². The van der Waals surface area contributed by atoms with Crippen molar-refractivity contribution in [2.75, 3.05) is 13.2 Å². The third kappa shape index (κ3) is 5.88. The van der Waals surface area contributed by atoms with Gasteiger partial charge in [0.25, 0.3) is 0 Å². The van der Waals surface area contributed by atoms with Crippen molar-refractivity contribution >= 4 is 5.97 Å². The van der Waals surface area contributed by atoms with Gasteiger partial charge in [0.1, 0.15) is 0 Å². The summed E-state index contributed by atoms with van der Waals surface area (Å²) in [6.07, 6.45) is 3.59. The summed E-state index contributed by atoms with van der Waals surface area (Å²) < 4.78 is 4.89. The molecule has 0 bridgehead atoms. The molecule has 0 aliphatic heterocycles. The minimum atomic E-state index is -0.200. The molecule has 1 atom stereocenters. The average Bonchev–Trinajstić information content (AvgIpc) is 2.43. The number of rotatable bonds is 8. The quantitative estimate of drug-likeness (QED) is 0.732. The van der Waals surface area contributed by atoms with Crippen LogP contribution in [0.4, 0.5) is 0 Å². The average molecular weight is 263 g/mol. The zero-order valence-electron chi connectivity index (χ0n) is 12.2. The van der Waals surface area contributed by atoms with Gasteiger partial charge < -0.3 is 10.1 Å². The second-order valence-corrected chi connectivity index (χ2v) is 4.75. The molecule has 1 aromatic carbocycles. The van der Waals surface area contributed by atoms with Gasteiger partial charge in [0.15, 0.2) is 0 Å². The van der Waals surface area contributed by atoms with Crippen molar-refractivity contribution in [1.82, 2.24) is 5.32 Å². The largest absolute Gasteiger partial charge is 0.465 e. The number of esters is 1. The minimum absolute atomic E-state index is 0.157. The maximum Gasteiger partial charge on any atom is 0.319 e. The molecule has 1 unspecified atom stereocenters. The molecular weight excluding hydrogens is 238 g/mol. The molecule has 0 aromatic heterocycles. The van der Waals surface area contributed by atoms with E-state index in [0.29, 0.717) is 6.61 Å². The number of aryl methyl sites for hydroxylation is 1. The molecule has 1 rings (SSSR count). The number of benzene rings is 1. The number of carbonyl (C=O) groups is 1. The molecule has 3 nitrogen and oxygen atoms in total. The van der Waals surface area contributed by atoms with E-state index in [4.69, 9.17) is 4.74 Å². The lowest BCUT2D eigenvalue weighted by atomic mass is 10.0. The monoisotopic (exact) mass is 263 g/mol. The molecule has 0 aliphatic rings. The number of carbonyl (C=O) groups excluding carboxylic acids is 1. The van der Waals surface area contributed by atoms with Crippen LogP contribution in [0, 0.1) is 0 Å². The highest BCUT2D eigenvalue weighted by molar-refractivity contribution is 5.71. The Morgan fingerprint density at radius 2 is 1.95 bits per heavy atom. The summed E-state index contributed by atoms with van der Waals surface area (Å²) in [5, 5.41) is 3.17. The topological polar surface area (TPSA) is 38.3 Å². The van der Waals surface area contributed by atoms with Crippen LogP contribution in [0.5, 0.6) is 0 Å². The van der Waals surface area contributed by atoms with E-state index in [0.717, 1.165) is 6.42 Å². The summed E-state index contributed by atoms with van der Waals surface area (Å²) in [7, 11) is 0. The maximum absolute atomic E-state index is 11.3. The third-order valence-corrected chi connectivity index (χ3v) is 3.16. The Balaban J connectivity index is 2.43. The molecular formula is C16H25NO2. The Bertz CT molecular complexity index is 373. The van der Waals surface area contributed by atoms with Gasteiger partial charge in [-0.3, -0.25) is 4.79 Å². The molecule has 0 saturated carbocycles. The standard InChI is InChI=1S/C16H25NO2/c1-4-6-7-14-8-10-15(11-9-14)13(3)17-12-16(18)19-5-2/h8-11,13,17H,4-7,12H2,1-3H3. The van der Waals surface area contributed by atoms with Gasteiger partial charge in [0, 0.05) is 6.04 Å². The third-order valence-electron chi connectivity index (χ3n) is 3.16. The van der Waals surface area contributed by atoms with Crippen molar-refractivity contribution in [3.05, 3.63) is 35.4 Å². The molecule has 0 spiro atoms. The minimum Gasteiger partial charge on any atom is -0.465 e. The first-order chi connectivity index (χ1) is 9.17. The Hall–Kier alpha value is -1.35. The first kappa shape index (κ1) is 15.7. The number of ether oxygens (including phenoxy) is 1. The Kier molecular flexibility index (Phi) is 7.19. The fourth-order valence-corrected chi connectivity index (χ4v) is 1.92. The van der Waals surface area contributed by atoms with E-state index >= 15 is 0 Å². The highest BCUT2D eigenvalue weighted by atomic mass is 16.5. The Morgan fingerprint density at radius 1 is 1.26 bits per heavy atom. The van der Waals surface area contributed by atoms with Gasteiger partial charge in [-0.2, -0.15) is 0 Å². The molecule has 106 valence electrons. The molecule has 0 fully saturated rings. The Labute approximate surface area is 116 Å². The van der Waals surface area contributed by atoms with Crippen LogP contribution in [-0.2, 0) is 16.0 Å². The zero-order chi connectivity index (χ0) is 14.1. The highest BCUT2D eigenvalue weighted by Gasteiger charge is 2.08. The fourth-order valence-electron chi connectivity index (χ4n) is 1.92. The van der Waals surface area contributed by atoms with Crippen LogP contribution in [0.2, 0.25) is 0 Å². The first-order valence-electron chi connectivity index (χ1n) is 7.15. The predicted molar refractivity (Wildman–Crippen MR) is 78.1 cm³/mol. The molecule has 0 aliphatic carbocycles. The molecule has 0 amide bonds. The van der Waals surface area contributed by atoms with Gasteiger partial charge in [0.05, 0.1) is 13.2 Å². The van der Waals surface area contributed by atoms with Gasteiger partial charge in [-0.1, -0.05) is 37.6 Å². The second kappa shape index (κ2) is 8.70. The van der Waals surface area contributed by atoms with Crippen LogP contribution in [0.25, 0.3) is 0 Å². The summed E-state index contributed by atoms with van der Waals surface area (Å²) in [6, 6.07) is 8.77. The summed E-state index contributed by atoms with van der Waals surface area (Å²) in [5.41, 5.74) is 2.58. The normalized spacial score (nSPS) is 12.2. The van der Waals surface area contributed by atoms with Crippen LogP contribution >= 0.6 is 0 Å². The number of unbranched alkanes of at least 4 members (excludes halogenated alkanes) is 1. The van der Waals surface area contributed by atoms with Crippen molar-refractivity contribution in [1.29, 1.82) is 0 Å². The second-order valence-electron chi connectivity index (χ2n) is 4.75. The molecule has 0 radical (unpaired) electrons. The number of nitrogens with one attached hydrogen (secondary N) is 1. The van der Waals surface area contributed by atoms with E-state index in [1.807, 2.05) is 6.92 Å². The number of hydrogen-bond acceptors (Lipinski definition) is 3. The van der Waals surface area contributed by atoms with Gasteiger partial charge >= 0.3 is 5.97 Å². The first-order valence-corrected chi connectivity index (χ1v) is 7.15. The van der Waals surface area contributed by atoms with E-state index in [-0.39, 0.29) is 18.6 Å². The van der Waals surface area contributed by atoms with Gasteiger partial charge in [-0.25, -0.2) is 0 Å². The smallest absolute Gasteiger partial charge is 0.319 e. The molecule has 1 aromatic rings. The van der Waals surface area contributed by atoms with Crippen LogP contribution in [0.3, 0.4) is 0 Å².